The zero-order valence-electron chi connectivity index (χ0n) is 8.79. The Morgan fingerprint density at radius 1 is 1.38 bits per heavy atom. The Labute approximate surface area is 92.8 Å². The van der Waals surface area contributed by atoms with E-state index in [0.717, 1.165) is 12.8 Å². The molecule has 3 atom stereocenters. The summed E-state index contributed by atoms with van der Waals surface area (Å²) in [6.45, 7) is 0.341. The molecule has 2 fully saturated rings. The molecule has 0 bridgehead atoms. The molecule has 1 heterocycles. The predicted molar refractivity (Wildman–Crippen MR) is 53.9 cm³/mol. The van der Waals surface area contributed by atoms with Gasteiger partial charge in [-0.2, -0.15) is 0 Å². The number of alkyl halides is 2. The van der Waals surface area contributed by atoms with Gasteiger partial charge in [0, 0.05) is 12.1 Å². The highest BCUT2D eigenvalue weighted by Crippen LogP contribution is 2.46. The highest BCUT2D eigenvalue weighted by molar-refractivity contribution is 5.23. The molecule has 3 nitrogen and oxygen atoms in total. The molecular formula is C11H15F2NO2. The van der Waals surface area contributed by atoms with Gasteiger partial charge in [-0.1, -0.05) is 11.8 Å². The molecule has 1 spiro atoms. The van der Waals surface area contributed by atoms with Crippen molar-refractivity contribution in [1.29, 1.82) is 0 Å². The summed E-state index contributed by atoms with van der Waals surface area (Å²) in [7, 11) is 0. The summed E-state index contributed by atoms with van der Waals surface area (Å²) in [5.74, 6) is 4.64. The van der Waals surface area contributed by atoms with Gasteiger partial charge in [-0.05, 0) is 12.8 Å². The van der Waals surface area contributed by atoms with E-state index in [2.05, 4.69) is 17.2 Å². The van der Waals surface area contributed by atoms with E-state index in [9.17, 15) is 19.0 Å². The van der Waals surface area contributed by atoms with E-state index in [1.807, 2.05) is 0 Å². The molecule has 90 valence electrons. The summed E-state index contributed by atoms with van der Waals surface area (Å²) in [5, 5.41) is 22.4. The van der Waals surface area contributed by atoms with Gasteiger partial charge in [0.1, 0.15) is 0 Å². The van der Waals surface area contributed by atoms with Crippen molar-refractivity contribution in [1.82, 2.24) is 5.32 Å². The van der Waals surface area contributed by atoms with E-state index in [4.69, 9.17) is 0 Å². The van der Waals surface area contributed by atoms with Gasteiger partial charge >= 0.3 is 0 Å². The minimum absolute atomic E-state index is 0.242. The SMILES string of the molecule is OC1CNC2(CC2)C(C#CCC(F)F)C1O. The van der Waals surface area contributed by atoms with Crippen LogP contribution in [0.25, 0.3) is 0 Å². The number of hydrogen-bond donors (Lipinski definition) is 3. The van der Waals surface area contributed by atoms with E-state index >= 15 is 0 Å². The Kier molecular flexibility index (Phi) is 3.15. The third kappa shape index (κ3) is 2.19. The van der Waals surface area contributed by atoms with Gasteiger partial charge in [-0.3, -0.25) is 0 Å². The lowest BCUT2D eigenvalue weighted by molar-refractivity contribution is -0.0393. The Morgan fingerprint density at radius 2 is 2.06 bits per heavy atom. The fourth-order valence-corrected chi connectivity index (χ4v) is 2.18. The van der Waals surface area contributed by atoms with Crippen LogP contribution >= 0.6 is 0 Å². The van der Waals surface area contributed by atoms with Crippen LogP contribution in [0, 0.1) is 17.8 Å². The fourth-order valence-electron chi connectivity index (χ4n) is 2.18. The van der Waals surface area contributed by atoms with Gasteiger partial charge in [0.05, 0.1) is 24.5 Å². The topological polar surface area (TPSA) is 52.5 Å². The first kappa shape index (κ1) is 11.8. The van der Waals surface area contributed by atoms with Crippen LogP contribution in [0.2, 0.25) is 0 Å². The minimum atomic E-state index is -2.44. The number of halogens is 2. The number of β-amino-alcohol motifs (C(OH)–C–C–N with tert-alkyl or cyclic N) is 1. The molecule has 1 saturated heterocycles. The molecule has 0 radical (unpaired) electrons. The fraction of sp³-hybridized carbons (Fsp3) is 0.818. The Morgan fingerprint density at radius 3 is 2.62 bits per heavy atom. The van der Waals surface area contributed by atoms with Gasteiger partial charge in [0.2, 0.25) is 6.43 Å². The lowest BCUT2D eigenvalue weighted by Crippen LogP contribution is -2.57. The largest absolute Gasteiger partial charge is 0.389 e. The monoisotopic (exact) mass is 231 g/mol. The molecule has 1 aliphatic carbocycles. The van der Waals surface area contributed by atoms with Gasteiger partial charge in [0.15, 0.2) is 0 Å². The quantitative estimate of drug-likeness (QED) is 0.562. The Bertz CT molecular complexity index is 320. The lowest BCUT2D eigenvalue weighted by Gasteiger charge is -2.37. The van der Waals surface area contributed by atoms with Crippen molar-refractivity contribution in [3.05, 3.63) is 0 Å². The highest BCUT2D eigenvalue weighted by Gasteiger charge is 2.55. The van der Waals surface area contributed by atoms with Crippen molar-refractivity contribution in [2.75, 3.05) is 6.54 Å². The Balaban J connectivity index is 2.05. The van der Waals surface area contributed by atoms with E-state index < -0.39 is 31.0 Å². The third-order valence-electron chi connectivity index (χ3n) is 3.30. The first-order valence-corrected chi connectivity index (χ1v) is 5.43. The summed E-state index contributed by atoms with van der Waals surface area (Å²) in [6.07, 6.45) is -2.96. The van der Waals surface area contributed by atoms with Gasteiger partial charge < -0.3 is 15.5 Å². The predicted octanol–water partition coefficient (Wildman–Crippen LogP) is 0.119. The smallest absolute Gasteiger partial charge is 0.249 e. The Hall–Kier alpha value is -0.700. The summed E-state index contributed by atoms with van der Waals surface area (Å²) >= 11 is 0. The zero-order valence-corrected chi connectivity index (χ0v) is 8.79. The van der Waals surface area contributed by atoms with Gasteiger partial charge in [0.25, 0.3) is 0 Å². The van der Waals surface area contributed by atoms with Crippen LogP contribution in [-0.2, 0) is 0 Å². The summed E-state index contributed by atoms with van der Waals surface area (Å²) in [6, 6.07) is 0. The maximum atomic E-state index is 11.9. The van der Waals surface area contributed by atoms with E-state index in [1.165, 1.54) is 0 Å². The third-order valence-corrected chi connectivity index (χ3v) is 3.30. The molecule has 3 unspecified atom stereocenters. The molecule has 16 heavy (non-hydrogen) atoms. The second-order valence-electron chi connectivity index (χ2n) is 4.49. The van der Waals surface area contributed by atoms with Crippen LogP contribution in [-0.4, -0.2) is 40.9 Å². The molecule has 2 rings (SSSR count). The molecule has 0 amide bonds. The van der Waals surface area contributed by atoms with Crippen molar-refractivity contribution in [2.45, 2.75) is 43.4 Å². The van der Waals surface area contributed by atoms with Crippen molar-refractivity contribution < 1.29 is 19.0 Å². The number of aliphatic hydroxyl groups is 2. The molecule has 1 aliphatic heterocycles. The standard InChI is InChI=1S/C11H15F2NO2/c12-9(13)3-1-2-7-10(16)8(15)6-14-11(7)4-5-11/h7-10,14-16H,3-6H2. The maximum Gasteiger partial charge on any atom is 0.249 e. The number of aliphatic hydroxyl groups excluding tert-OH is 2. The average Bonchev–Trinajstić information content (AvgIpc) is 2.99. The molecule has 3 N–H and O–H groups in total. The second-order valence-corrected chi connectivity index (χ2v) is 4.49. The van der Waals surface area contributed by atoms with E-state index in [0.29, 0.717) is 6.54 Å². The number of hydrogen-bond acceptors (Lipinski definition) is 3. The van der Waals surface area contributed by atoms with Crippen LogP contribution in [0.5, 0.6) is 0 Å². The van der Waals surface area contributed by atoms with Crippen molar-refractivity contribution in [2.24, 2.45) is 5.92 Å². The van der Waals surface area contributed by atoms with Crippen molar-refractivity contribution in [3.63, 3.8) is 0 Å². The second kappa shape index (κ2) is 4.28. The van der Waals surface area contributed by atoms with Crippen LogP contribution in [0.3, 0.4) is 0 Å². The minimum Gasteiger partial charge on any atom is -0.389 e. The number of rotatable bonds is 1. The first-order valence-electron chi connectivity index (χ1n) is 5.43. The molecular weight excluding hydrogens is 216 g/mol. The van der Waals surface area contributed by atoms with Crippen LogP contribution < -0.4 is 5.32 Å². The van der Waals surface area contributed by atoms with Crippen molar-refractivity contribution in [3.8, 4) is 11.8 Å². The molecule has 2 aliphatic rings. The zero-order chi connectivity index (χ0) is 11.8. The number of nitrogens with one attached hydrogen (secondary N) is 1. The first-order chi connectivity index (χ1) is 7.55. The van der Waals surface area contributed by atoms with Crippen LogP contribution in [0.15, 0.2) is 0 Å². The van der Waals surface area contributed by atoms with Crippen LogP contribution in [0.4, 0.5) is 8.78 Å². The van der Waals surface area contributed by atoms with Gasteiger partial charge in [-0.15, -0.1) is 0 Å². The molecule has 5 heteroatoms. The molecule has 1 saturated carbocycles. The van der Waals surface area contributed by atoms with Gasteiger partial charge in [-0.25, -0.2) is 8.78 Å². The average molecular weight is 231 g/mol. The van der Waals surface area contributed by atoms with E-state index in [-0.39, 0.29) is 5.54 Å². The maximum absolute atomic E-state index is 11.9. The normalized spacial score (nSPS) is 35.9. The lowest BCUT2D eigenvalue weighted by atomic mass is 9.85. The molecule has 0 aromatic rings. The summed E-state index contributed by atoms with van der Waals surface area (Å²) in [4.78, 5) is 0. The molecule has 0 aromatic heterocycles. The van der Waals surface area contributed by atoms with Crippen molar-refractivity contribution >= 4 is 0 Å². The summed E-state index contributed by atoms with van der Waals surface area (Å²) < 4.78 is 23.9. The molecule has 0 aromatic carbocycles. The van der Waals surface area contributed by atoms with E-state index in [1.54, 1.807) is 0 Å². The summed E-state index contributed by atoms with van der Waals surface area (Å²) in [5.41, 5.74) is -0.242. The highest BCUT2D eigenvalue weighted by atomic mass is 19.3. The number of piperidine rings is 1. The van der Waals surface area contributed by atoms with Crippen LogP contribution in [0.1, 0.15) is 19.3 Å².